The molecule has 0 spiro atoms. The first-order chi connectivity index (χ1) is 15.0. The number of nitrogens with one attached hydrogen (secondary N) is 3. The van der Waals surface area contributed by atoms with Gasteiger partial charge in [-0.2, -0.15) is 0 Å². The van der Waals surface area contributed by atoms with Crippen LogP contribution in [0, 0.1) is 0 Å². The van der Waals surface area contributed by atoms with E-state index < -0.39 is 15.9 Å². The van der Waals surface area contributed by atoms with Gasteiger partial charge in [0.15, 0.2) is 16.6 Å². The van der Waals surface area contributed by atoms with E-state index in [9.17, 15) is 4.79 Å². The first-order valence-corrected chi connectivity index (χ1v) is 11.0. The zero-order valence-corrected chi connectivity index (χ0v) is 21.5. The van der Waals surface area contributed by atoms with E-state index in [0.29, 0.717) is 21.5 Å². The predicted molar refractivity (Wildman–Crippen MR) is 133 cm³/mol. The van der Waals surface area contributed by atoms with Crippen LogP contribution in [0.5, 0.6) is 17.2 Å². The molecule has 0 saturated carbocycles. The van der Waals surface area contributed by atoms with Crippen molar-refractivity contribution in [1.82, 2.24) is 10.6 Å². The molecular formula is C19H18Cl5N3O4S. The highest BCUT2D eigenvalue weighted by Gasteiger charge is 2.35. The highest BCUT2D eigenvalue weighted by atomic mass is 35.6. The number of rotatable bonds is 7. The summed E-state index contributed by atoms with van der Waals surface area (Å²) in [5, 5.41) is 8.77. The summed E-state index contributed by atoms with van der Waals surface area (Å²) in [5.41, 5.74) is 0.515. The zero-order chi connectivity index (χ0) is 24.1. The summed E-state index contributed by atoms with van der Waals surface area (Å²) in [5.74, 6) is 0.276. The number of hydrogen-bond donors (Lipinski definition) is 3. The number of thiocarbonyl (C=S) groups is 1. The number of methoxy groups -OCH3 is 3. The van der Waals surface area contributed by atoms with Crippen molar-refractivity contribution >= 4 is 86.9 Å². The third-order valence-corrected chi connectivity index (χ3v) is 5.51. The third kappa shape index (κ3) is 6.73. The summed E-state index contributed by atoms with van der Waals surface area (Å²) in [6, 6.07) is 7.82. The van der Waals surface area contributed by atoms with Crippen LogP contribution in [-0.2, 0) is 0 Å². The highest BCUT2D eigenvalue weighted by Crippen LogP contribution is 2.38. The molecule has 2 rings (SSSR count). The quantitative estimate of drug-likeness (QED) is 0.236. The Balaban J connectivity index is 2.24. The summed E-state index contributed by atoms with van der Waals surface area (Å²) in [7, 11) is 4.30. The number of amides is 1. The molecule has 0 aliphatic carbocycles. The predicted octanol–water partition coefficient (Wildman–Crippen LogP) is 5.43. The number of ether oxygens (including phenoxy) is 3. The third-order valence-electron chi connectivity index (χ3n) is 4.01. The molecule has 0 aliphatic heterocycles. The number of halogens is 5. The molecule has 0 unspecified atom stereocenters. The molecule has 174 valence electrons. The molecule has 0 saturated heterocycles. The Morgan fingerprint density at radius 3 is 1.94 bits per heavy atom. The number of hydrogen-bond acceptors (Lipinski definition) is 5. The van der Waals surface area contributed by atoms with Gasteiger partial charge in [-0.25, -0.2) is 0 Å². The average Bonchev–Trinajstić information content (AvgIpc) is 2.74. The Hall–Kier alpha value is -1.55. The number of carbonyl (C=O) groups is 1. The molecule has 1 amide bonds. The van der Waals surface area contributed by atoms with Gasteiger partial charge in [0.2, 0.25) is 9.54 Å². The molecule has 0 fully saturated rings. The fraction of sp³-hybridized carbons (Fsp3) is 0.263. The maximum Gasteiger partial charge on any atom is 0.253 e. The molecule has 3 N–H and O–H groups in total. The van der Waals surface area contributed by atoms with Crippen LogP contribution in [-0.4, -0.2) is 42.3 Å². The minimum atomic E-state index is -1.98. The second kappa shape index (κ2) is 11.5. The van der Waals surface area contributed by atoms with Crippen LogP contribution in [0.4, 0.5) is 5.69 Å². The molecule has 0 radical (unpaired) electrons. The van der Waals surface area contributed by atoms with Gasteiger partial charge < -0.3 is 30.2 Å². The minimum Gasteiger partial charge on any atom is -0.493 e. The van der Waals surface area contributed by atoms with Crippen LogP contribution >= 0.6 is 70.2 Å². The Morgan fingerprint density at radius 1 is 0.969 bits per heavy atom. The van der Waals surface area contributed by atoms with Gasteiger partial charge >= 0.3 is 0 Å². The van der Waals surface area contributed by atoms with Gasteiger partial charge in [-0.15, -0.1) is 0 Å². The normalized spacial score (nSPS) is 11.9. The molecule has 0 aliphatic rings. The van der Waals surface area contributed by atoms with Crippen LogP contribution in [0.2, 0.25) is 10.0 Å². The number of benzene rings is 2. The molecule has 2 aromatic rings. The van der Waals surface area contributed by atoms with E-state index in [2.05, 4.69) is 16.0 Å². The SMILES string of the molecule is COc1cc(C(=O)N[C@@H](NC(=S)Nc2c(Cl)cccc2Cl)C(Cl)(Cl)Cl)cc(OC)c1OC. The molecule has 13 heteroatoms. The van der Waals surface area contributed by atoms with Crippen molar-refractivity contribution in [2.24, 2.45) is 0 Å². The average molecular weight is 562 g/mol. The Labute approximate surface area is 215 Å². The molecular weight excluding hydrogens is 544 g/mol. The fourth-order valence-corrected chi connectivity index (χ4v) is 3.56. The summed E-state index contributed by atoms with van der Waals surface area (Å²) in [6.45, 7) is 0. The van der Waals surface area contributed by atoms with Crippen LogP contribution in [0.3, 0.4) is 0 Å². The maximum atomic E-state index is 12.9. The first kappa shape index (κ1) is 26.7. The summed E-state index contributed by atoms with van der Waals surface area (Å²) in [6.07, 6.45) is -1.24. The highest BCUT2D eigenvalue weighted by molar-refractivity contribution is 7.80. The lowest BCUT2D eigenvalue weighted by molar-refractivity contribution is 0.0933. The first-order valence-electron chi connectivity index (χ1n) is 8.71. The van der Waals surface area contributed by atoms with Gasteiger partial charge in [0, 0.05) is 5.56 Å². The zero-order valence-electron chi connectivity index (χ0n) is 16.9. The molecule has 2 aromatic carbocycles. The number of carbonyl (C=O) groups excluding carboxylic acids is 1. The van der Waals surface area contributed by atoms with E-state index >= 15 is 0 Å². The molecule has 1 atom stereocenters. The van der Waals surface area contributed by atoms with Gasteiger partial charge in [0.1, 0.15) is 6.17 Å². The number of anilines is 1. The van der Waals surface area contributed by atoms with E-state index in [0.717, 1.165) is 0 Å². The molecule has 0 bridgehead atoms. The Kier molecular flexibility index (Phi) is 9.63. The van der Waals surface area contributed by atoms with E-state index in [1.807, 2.05) is 0 Å². The summed E-state index contributed by atoms with van der Waals surface area (Å²) >= 11 is 35.7. The maximum absolute atomic E-state index is 12.9. The molecule has 0 aromatic heterocycles. The van der Waals surface area contributed by atoms with Gasteiger partial charge in [-0.05, 0) is 36.5 Å². The second-order valence-corrected chi connectivity index (χ2v) is 9.65. The Morgan fingerprint density at radius 2 is 1.50 bits per heavy atom. The van der Waals surface area contributed by atoms with E-state index in [-0.39, 0.29) is 22.2 Å². The molecule has 0 heterocycles. The monoisotopic (exact) mass is 559 g/mol. The number of alkyl halides is 3. The fourth-order valence-electron chi connectivity index (χ4n) is 2.52. The standard InChI is InChI=1S/C19H18Cl5N3O4S/c1-29-12-7-9(8-13(30-2)15(12)31-3)16(28)26-17(19(22,23)24)27-18(32)25-14-10(20)5-4-6-11(14)21/h4-8,17H,1-3H3,(H,26,28)(H2,25,27,32)/t17-/m0/s1. The van der Waals surface area contributed by atoms with Crippen molar-refractivity contribution in [3.8, 4) is 17.2 Å². The van der Waals surface area contributed by atoms with E-state index in [1.165, 1.54) is 33.5 Å². The van der Waals surface area contributed by atoms with E-state index in [1.54, 1.807) is 18.2 Å². The molecule has 32 heavy (non-hydrogen) atoms. The van der Waals surface area contributed by atoms with Crippen LogP contribution < -0.4 is 30.2 Å². The van der Waals surface area contributed by atoms with Crippen LogP contribution in [0.25, 0.3) is 0 Å². The smallest absolute Gasteiger partial charge is 0.253 e. The van der Waals surface area contributed by atoms with Crippen LogP contribution in [0.15, 0.2) is 30.3 Å². The lowest BCUT2D eigenvalue weighted by Gasteiger charge is -2.28. The lowest BCUT2D eigenvalue weighted by Crippen LogP contribution is -2.56. The Bertz CT molecular complexity index is 958. The second-order valence-electron chi connectivity index (χ2n) is 6.06. The summed E-state index contributed by atoms with van der Waals surface area (Å²) < 4.78 is 13.8. The van der Waals surface area contributed by atoms with Crippen molar-refractivity contribution < 1.29 is 19.0 Å². The van der Waals surface area contributed by atoms with Gasteiger partial charge in [0.05, 0.1) is 37.1 Å². The van der Waals surface area contributed by atoms with Crippen LogP contribution in [0.1, 0.15) is 10.4 Å². The van der Waals surface area contributed by atoms with Crippen molar-refractivity contribution in [2.75, 3.05) is 26.6 Å². The minimum absolute atomic E-state index is 0.00140. The topological polar surface area (TPSA) is 80.9 Å². The van der Waals surface area contributed by atoms with Crippen molar-refractivity contribution in [3.05, 3.63) is 45.9 Å². The summed E-state index contributed by atoms with van der Waals surface area (Å²) in [4.78, 5) is 12.9. The van der Waals surface area contributed by atoms with Crippen molar-refractivity contribution in [2.45, 2.75) is 9.96 Å². The number of para-hydroxylation sites is 1. The molecule has 7 nitrogen and oxygen atoms in total. The van der Waals surface area contributed by atoms with Gasteiger partial charge in [-0.1, -0.05) is 64.1 Å². The van der Waals surface area contributed by atoms with Gasteiger partial charge in [-0.3, -0.25) is 4.79 Å². The lowest BCUT2D eigenvalue weighted by atomic mass is 10.1. The van der Waals surface area contributed by atoms with E-state index in [4.69, 9.17) is 84.4 Å². The van der Waals surface area contributed by atoms with Crippen molar-refractivity contribution in [3.63, 3.8) is 0 Å². The van der Waals surface area contributed by atoms with Crippen molar-refractivity contribution in [1.29, 1.82) is 0 Å². The largest absolute Gasteiger partial charge is 0.493 e. The van der Waals surface area contributed by atoms with Gasteiger partial charge in [0.25, 0.3) is 5.91 Å².